The van der Waals surface area contributed by atoms with Crippen molar-refractivity contribution in [2.75, 3.05) is 20.4 Å². The first-order chi connectivity index (χ1) is 10.8. The summed E-state index contributed by atoms with van der Waals surface area (Å²) >= 11 is 3.51. The number of nitrogens with one attached hydrogen (secondary N) is 1. The molecule has 22 heavy (non-hydrogen) atoms. The van der Waals surface area contributed by atoms with Gasteiger partial charge in [-0.15, -0.1) is 0 Å². The Morgan fingerprint density at radius 3 is 2.95 bits per heavy atom. The van der Waals surface area contributed by atoms with Crippen LogP contribution in [0.5, 0.6) is 17.2 Å². The summed E-state index contributed by atoms with van der Waals surface area (Å²) in [4.78, 5) is 0. The lowest BCUT2D eigenvalue weighted by Gasteiger charge is -2.10. The van der Waals surface area contributed by atoms with Crippen LogP contribution in [0.2, 0.25) is 0 Å². The monoisotopic (exact) mass is 363 g/mol. The molecule has 0 spiro atoms. The number of halogens is 1. The third-order valence-electron chi connectivity index (χ3n) is 3.58. The number of fused-ring (bicyclic) bond motifs is 1. The summed E-state index contributed by atoms with van der Waals surface area (Å²) in [7, 11) is 1.70. The van der Waals surface area contributed by atoms with Crippen molar-refractivity contribution < 1.29 is 14.2 Å². The van der Waals surface area contributed by atoms with Crippen LogP contribution in [0.25, 0.3) is 0 Å². The molecule has 0 saturated carbocycles. The predicted molar refractivity (Wildman–Crippen MR) is 88.7 cm³/mol. The van der Waals surface area contributed by atoms with E-state index in [1.165, 1.54) is 5.56 Å². The Morgan fingerprint density at radius 2 is 2.09 bits per heavy atom. The largest absolute Gasteiger partial charge is 0.496 e. The van der Waals surface area contributed by atoms with Crippen LogP contribution in [0.4, 0.5) is 0 Å². The van der Waals surface area contributed by atoms with E-state index in [0.717, 1.165) is 46.8 Å². The smallest absolute Gasteiger partial charge is 0.231 e. The van der Waals surface area contributed by atoms with Crippen molar-refractivity contribution in [1.82, 2.24) is 5.32 Å². The van der Waals surface area contributed by atoms with Crippen molar-refractivity contribution in [2.45, 2.75) is 13.0 Å². The fourth-order valence-corrected chi connectivity index (χ4v) is 3.09. The normalized spacial score (nSPS) is 12.5. The van der Waals surface area contributed by atoms with E-state index in [4.69, 9.17) is 14.2 Å². The van der Waals surface area contributed by atoms with Crippen LogP contribution in [-0.2, 0) is 13.0 Å². The Bertz CT molecular complexity index is 660. The van der Waals surface area contributed by atoms with Gasteiger partial charge in [-0.2, -0.15) is 0 Å². The first-order valence-corrected chi connectivity index (χ1v) is 7.98. The maximum absolute atomic E-state index is 5.43. The minimum atomic E-state index is 0.290. The van der Waals surface area contributed by atoms with Crippen molar-refractivity contribution in [3.63, 3.8) is 0 Å². The lowest BCUT2D eigenvalue weighted by Crippen LogP contribution is -2.17. The van der Waals surface area contributed by atoms with Crippen LogP contribution in [0.15, 0.2) is 40.9 Å². The average molecular weight is 364 g/mol. The molecular weight excluding hydrogens is 346 g/mol. The zero-order valence-corrected chi connectivity index (χ0v) is 14.0. The molecule has 5 heteroatoms. The molecule has 3 rings (SSSR count). The first kappa shape index (κ1) is 15.2. The number of para-hydroxylation sites is 1. The maximum Gasteiger partial charge on any atom is 0.231 e. The Labute approximate surface area is 138 Å². The number of ether oxygens (including phenoxy) is 3. The van der Waals surface area contributed by atoms with Gasteiger partial charge in [0.05, 0.1) is 11.6 Å². The molecule has 2 aromatic carbocycles. The Hall–Kier alpha value is -1.72. The lowest BCUT2D eigenvalue weighted by molar-refractivity contribution is 0.173. The van der Waals surface area contributed by atoms with Crippen LogP contribution < -0.4 is 19.5 Å². The Balaban J connectivity index is 1.54. The highest BCUT2D eigenvalue weighted by molar-refractivity contribution is 9.10. The molecule has 0 saturated heterocycles. The third-order valence-corrected chi connectivity index (χ3v) is 4.17. The molecule has 0 aromatic heterocycles. The molecule has 0 aliphatic carbocycles. The van der Waals surface area contributed by atoms with E-state index in [0.29, 0.717) is 6.79 Å². The molecular formula is C17H18BrNO3. The van der Waals surface area contributed by atoms with Gasteiger partial charge < -0.3 is 19.5 Å². The van der Waals surface area contributed by atoms with Gasteiger partial charge in [0.1, 0.15) is 5.75 Å². The van der Waals surface area contributed by atoms with Crippen molar-refractivity contribution in [3.05, 3.63) is 52.0 Å². The molecule has 1 N–H and O–H groups in total. The zero-order chi connectivity index (χ0) is 15.4. The molecule has 1 aliphatic rings. The Kier molecular flexibility index (Phi) is 4.85. The number of hydrogen-bond donors (Lipinski definition) is 1. The maximum atomic E-state index is 5.43. The standard InChI is InChI=1S/C17H18BrNO3/c1-20-15-5-3-2-4-13(15)6-7-19-10-12-8-14(18)17-16(9-12)21-11-22-17/h2-5,8-9,19H,6-7,10-11H2,1H3. The quantitative estimate of drug-likeness (QED) is 0.797. The van der Waals surface area contributed by atoms with Gasteiger partial charge in [0.15, 0.2) is 11.5 Å². The van der Waals surface area contributed by atoms with Gasteiger partial charge in [-0.1, -0.05) is 18.2 Å². The second-order valence-corrected chi connectivity index (χ2v) is 5.90. The molecule has 0 radical (unpaired) electrons. The second kappa shape index (κ2) is 7.03. The summed E-state index contributed by atoms with van der Waals surface area (Å²) in [6.07, 6.45) is 0.926. The molecule has 0 atom stereocenters. The Morgan fingerprint density at radius 1 is 1.23 bits per heavy atom. The average Bonchev–Trinajstić information content (AvgIpc) is 3.01. The molecule has 0 fully saturated rings. The highest BCUT2D eigenvalue weighted by Gasteiger charge is 2.17. The topological polar surface area (TPSA) is 39.7 Å². The van der Waals surface area contributed by atoms with E-state index in [1.807, 2.05) is 24.3 Å². The van der Waals surface area contributed by atoms with Crippen LogP contribution in [-0.4, -0.2) is 20.4 Å². The van der Waals surface area contributed by atoms with Crippen molar-refractivity contribution in [3.8, 4) is 17.2 Å². The van der Waals surface area contributed by atoms with E-state index in [-0.39, 0.29) is 0 Å². The number of hydrogen-bond acceptors (Lipinski definition) is 4. The van der Waals surface area contributed by atoms with Crippen LogP contribution in [0, 0.1) is 0 Å². The number of methoxy groups -OCH3 is 1. The van der Waals surface area contributed by atoms with Crippen LogP contribution in [0.3, 0.4) is 0 Å². The van der Waals surface area contributed by atoms with Gasteiger partial charge in [-0.05, 0) is 58.2 Å². The van der Waals surface area contributed by atoms with E-state index in [2.05, 4.69) is 33.4 Å². The summed E-state index contributed by atoms with van der Waals surface area (Å²) < 4.78 is 17.1. The summed E-state index contributed by atoms with van der Waals surface area (Å²) in [5.74, 6) is 2.53. The van der Waals surface area contributed by atoms with Gasteiger partial charge in [0.25, 0.3) is 0 Å². The minimum Gasteiger partial charge on any atom is -0.496 e. The zero-order valence-electron chi connectivity index (χ0n) is 12.4. The van der Waals surface area contributed by atoms with Gasteiger partial charge in [0.2, 0.25) is 6.79 Å². The van der Waals surface area contributed by atoms with E-state index in [1.54, 1.807) is 7.11 Å². The van der Waals surface area contributed by atoms with Crippen LogP contribution >= 0.6 is 15.9 Å². The molecule has 0 unspecified atom stereocenters. The van der Waals surface area contributed by atoms with Gasteiger partial charge in [-0.3, -0.25) is 0 Å². The number of benzene rings is 2. The lowest BCUT2D eigenvalue weighted by atomic mass is 10.1. The highest BCUT2D eigenvalue weighted by Crippen LogP contribution is 2.39. The van der Waals surface area contributed by atoms with Gasteiger partial charge >= 0.3 is 0 Å². The summed E-state index contributed by atoms with van der Waals surface area (Å²) in [6.45, 7) is 1.95. The minimum absolute atomic E-state index is 0.290. The van der Waals surface area contributed by atoms with Crippen LogP contribution in [0.1, 0.15) is 11.1 Å². The molecule has 2 aromatic rings. The van der Waals surface area contributed by atoms with Gasteiger partial charge in [-0.25, -0.2) is 0 Å². The molecule has 0 bridgehead atoms. The van der Waals surface area contributed by atoms with E-state index >= 15 is 0 Å². The fraction of sp³-hybridized carbons (Fsp3) is 0.294. The molecule has 116 valence electrons. The molecule has 1 heterocycles. The third kappa shape index (κ3) is 3.36. The number of rotatable bonds is 6. The summed E-state index contributed by atoms with van der Waals surface area (Å²) in [6, 6.07) is 12.2. The second-order valence-electron chi connectivity index (χ2n) is 5.05. The fourth-order valence-electron chi connectivity index (χ4n) is 2.49. The van der Waals surface area contributed by atoms with Gasteiger partial charge in [0, 0.05) is 6.54 Å². The first-order valence-electron chi connectivity index (χ1n) is 7.18. The molecule has 1 aliphatic heterocycles. The molecule has 4 nitrogen and oxygen atoms in total. The highest BCUT2D eigenvalue weighted by atomic mass is 79.9. The molecule has 0 amide bonds. The van der Waals surface area contributed by atoms with Crippen molar-refractivity contribution >= 4 is 15.9 Å². The summed E-state index contributed by atoms with van der Waals surface area (Å²) in [5.41, 5.74) is 2.38. The van der Waals surface area contributed by atoms with E-state index < -0.39 is 0 Å². The summed E-state index contributed by atoms with van der Waals surface area (Å²) in [5, 5.41) is 3.45. The van der Waals surface area contributed by atoms with Crippen molar-refractivity contribution in [1.29, 1.82) is 0 Å². The van der Waals surface area contributed by atoms with Crippen molar-refractivity contribution in [2.24, 2.45) is 0 Å². The predicted octanol–water partition coefficient (Wildman–Crippen LogP) is 3.52. The SMILES string of the molecule is COc1ccccc1CCNCc1cc(Br)c2c(c1)OCO2. The van der Waals surface area contributed by atoms with E-state index in [9.17, 15) is 0 Å².